The summed E-state index contributed by atoms with van der Waals surface area (Å²) in [5.41, 5.74) is 0.249. The van der Waals surface area contributed by atoms with Crippen molar-refractivity contribution in [3.05, 3.63) is 0 Å². The molecule has 0 aromatic heterocycles. The average Bonchev–Trinajstić information content (AvgIpc) is 2.78. The summed E-state index contributed by atoms with van der Waals surface area (Å²) in [6.07, 6.45) is 10.6. The van der Waals surface area contributed by atoms with E-state index in [9.17, 15) is 5.11 Å². The number of hydrogen-bond acceptors (Lipinski definition) is 2. The van der Waals surface area contributed by atoms with E-state index in [4.69, 9.17) is 0 Å². The minimum absolute atomic E-state index is 0.249. The van der Waals surface area contributed by atoms with Crippen molar-refractivity contribution in [2.24, 2.45) is 11.3 Å². The van der Waals surface area contributed by atoms with Crippen LogP contribution in [0, 0.1) is 11.3 Å². The highest BCUT2D eigenvalue weighted by atomic mass is 16.3. The first-order valence-electron chi connectivity index (χ1n) is 7.61. The fourth-order valence-corrected chi connectivity index (χ4v) is 3.84. The summed E-state index contributed by atoms with van der Waals surface area (Å²) in [4.78, 5) is 2.63. The Labute approximate surface area is 106 Å². The van der Waals surface area contributed by atoms with E-state index in [1.807, 2.05) is 0 Å². The Morgan fingerprint density at radius 1 is 1.24 bits per heavy atom. The molecule has 0 radical (unpaired) electrons. The van der Waals surface area contributed by atoms with Crippen LogP contribution in [0.5, 0.6) is 0 Å². The highest BCUT2D eigenvalue weighted by Gasteiger charge is 2.35. The van der Waals surface area contributed by atoms with Crippen molar-refractivity contribution >= 4 is 0 Å². The normalized spacial score (nSPS) is 29.6. The molecular weight excluding hydrogens is 210 g/mol. The molecule has 17 heavy (non-hydrogen) atoms. The Balaban J connectivity index is 1.83. The fourth-order valence-electron chi connectivity index (χ4n) is 3.84. The summed E-state index contributed by atoms with van der Waals surface area (Å²) in [6.45, 7) is 6.41. The molecule has 0 aromatic carbocycles. The molecule has 1 saturated carbocycles. The van der Waals surface area contributed by atoms with Gasteiger partial charge in [-0.3, -0.25) is 0 Å². The zero-order valence-electron chi connectivity index (χ0n) is 11.5. The second-order valence-corrected chi connectivity index (χ2v) is 6.40. The van der Waals surface area contributed by atoms with Gasteiger partial charge in [-0.1, -0.05) is 32.6 Å². The van der Waals surface area contributed by atoms with E-state index in [1.54, 1.807) is 0 Å². The smallest absolute Gasteiger partial charge is 0.0499 e. The van der Waals surface area contributed by atoms with E-state index in [-0.39, 0.29) is 5.41 Å². The van der Waals surface area contributed by atoms with Crippen molar-refractivity contribution in [3.63, 3.8) is 0 Å². The van der Waals surface area contributed by atoms with Crippen LogP contribution in [0.3, 0.4) is 0 Å². The van der Waals surface area contributed by atoms with E-state index < -0.39 is 0 Å². The zero-order chi connectivity index (χ0) is 12.1. The monoisotopic (exact) mass is 239 g/mol. The minimum Gasteiger partial charge on any atom is -0.396 e. The van der Waals surface area contributed by atoms with Crippen LogP contribution in [0.1, 0.15) is 58.3 Å². The Morgan fingerprint density at radius 2 is 2.00 bits per heavy atom. The molecular formula is C15H29NO. The zero-order valence-corrected chi connectivity index (χ0v) is 11.5. The lowest BCUT2D eigenvalue weighted by atomic mass is 9.74. The molecule has 2 heteroatoms. The quantitative estimate of drug-likeness (QED) is 0.797. The van der Waals surface area contributed by atoms with Crippen molar-refractivity contribution < 1.29 is 5.11 Å². The predicted molar refractivity (Wildman–Crippen MR) is 72.1 cm³/mol. The average molecular weight is 239 g/mol. The van der Waals surface area contributed by atoms with Gasteiger partial charge in [0.1, 0.15) is 0 Å². The van der Waals surface area contributed by atoms with E-state index in [1.165, 1.54) is 64.5 Å². The molecule has 2 fully saturated rings. The third kappa shape index (κ3) is 3.45. The topological polar surface area (TPSA) is 23.5 Å². The summed E-state index contributed by atoms with van der Waals surface area (Å²) in [5.74, 6) is 0.930. The summed E-state index contributed by atoms with van der Waals surface area (Å²) >= 11 is 0. The number of aliphatic hydroxyl groups excluding tert-OH is 1. The van der Waals surface area contributed by atoms with Crippen molar-refractivity contribution in [1.82, 2.24) is 4.90 Å². The van der Waals surface area contributed by atoms with Crippen LogP contribution >= 0.6 is 0 Å². The second-order valence-electron chi connectivity index (χ2n) is 6.40. The lowest BCUT2D eigenvalue weighted by Gasteiger charge is -2.38. The summed E-state index contributed by atoms with van der Waals surface area (Å²) in [6, 6.07) is 0. The Hall–Kier alpha value is -0.0800. The molecule has 1 unspecified atom stereocenters. The Morgan fingerprint density at radius 3 is 2.65 bits per heavy atom. The van der Waals surface area contributed by atoms with Crippen LogP contribution in [0.2, 0.25) is 0 Å². The van der Waals surface area contributed by atoms with Crippen LogP contribution in [0.25, 0.3) is 0 Å². The van der Waals surface area contributed by atoms with Crippen molar-refractivity contribution in [1.29, 1.82) is 0 Å². The maximum Gasteiger partial charge on any atom is 0.0499 e. The van der Waals surface area contributed by atoms with Gasteiger partial charge in [0.05, 0.1) is 0 Å². The Bertz CT molecular complexity index is 223. The molecule has 2 rings (SSSR count). The van der Waals surface area contributed by atoms with E-state index in [0.717, 1.165) is 12.5 Å². The van der Waals surface area contributed by atoms with Gasteiger partial charge in [0.2, 0.25) is 0 Å². The largest absolute Gasteiger partial charge is 0.396 e. The maximum atomic E-state index is 9.74. The highest BCUT2D eigenvalue weighted by molar-refractivity contribution is 4.88. The number of rotatable bonds is 5. The molecule has 100 valence electrons. The van der Waals surface area contributed by atoms with Gasteiger partial charge in [-0.05, 0) is 38.1 Å². The van der Waals surface area contributed by atoms with Crippen molar-refractivity contribution in [2.75, 3.05) is 26.2 Å². The van der Waals surface area contributed by atoms with Crippen molar-refractivity contribution in [3.8, 4) is 0 Å². The van der Waals surface area contributed by atoms with Gasteiger partial charge in [0.15, 0.2) is 0 Å². The van der Waals surface area contributed by atoms with Crippen LogP contribution < -0.4 is 0 Å². The van der Waals surface area contributed by atoms with Crippen LogP contribution in [0.4, 0.5) is 0 Å². The van der Waals surface area contributed by atoms with Gasteiger partial charge in [-0.15, -0.1) is 0 Å². The van der Waals surface area contributed by atoms with Gasteiger partial charge in [0, 0.05) is 25.1 Å². The number of aliphatic hydroxyl groups is 1. The second kappa shape index (κ2) is 6.19. The molecule has 1 aliphatic heterocycles. The summed E-state index contributed by atoms with van der Waals surface area (Å²) < 4.78 is 0. The number of nitrogens with zero attached hydrogens (tertiary/aromatic N) is 1. The first kappa shape index (κ1) is 13.4. The van der Waals surface area contributed by atoms with E-state index in [2.05, 4.69) is 11.8 Å². The lowest BCUT2D eigenvalue weighted by Crippen LogP contribution is -2.40. The maximum absolute atomic E-state index is 9.74. The molecule has 1 N–H and O–H groups in total. The van der Waals surface area contributed by atoms with Crippen LogP contribution in [-0.2, 0) is 0 Å². The molecule has 2 aliphatic rings. The predicted octanol–water partition coefficient (Wildman–Crippen LogP) is 3.05. The van der Waals surface area contributed by atoms with Gasteiger partial charge in [0.25, 0.3) is 0 Å². The van der Waals surface area contributed by atoms with Gasteiger partial charge >= 0.3 is 0 Å². The summed E-state index contributed by atoms with van der Waals surface area (Å²) in [5, 5.41) is 9.74. The molecule has 1 atom stereocenters. The van der Waals surface area contributed by atoms with Gasteiger partial charge in [-0.25, -0.2) is 0 Å². The van der Waals surface area contributed by atoms with Crippen LogP contribution in [-0.4, -0.2) is 36.2 Å². The molecule has 0 spiro atoms. The SMILES string of the molecule is CCCC1CCN(CC2(CO)CCCCC2)C1. The van der Waals surface area contributed by atoms with Gasteiger partial charge < -0.3 is 10.0 Å². The number of hydrogen-bond donors (Lipinski definition) is 1. The fraction of sp³-hybridized carbons (Fsp3) is 1.00. The summed E-state index contributed by atoms with van der Waals surface area (Å²) in [7, 11) is 0. The standard InChI is InChI=1S/C15H29NO/c1-2-6-14-7-10-16(11-14)12-15(13-17)8-4-3-5-9-15/h14,17H,2-13H2,1H3. The van der Waals surface area contributed by atoms with Crippen molar-refractivity contribution in [2.45, 2.75) is 58.3 Å². The first-order chi connectivity index (χ1) is 8.28. The molecule has 0 bridgehead atoms. The van der Waals surface area contributed by atoms with Crippen LogP contribution in [0.15, 0.2) is 0 Å². The molecule has 0 aromatic rings. The molecule has 1 aliphatic carbocycles. The van der Waals surface area contributed by atoms with E-state index >= 15 is 0 Å². The molecule has 2 nitrogen and oxygen atoms in total. The lowest BCUT2D eigenvalue weighted by molar-refractivity contribution is 0.0466. The molecule has 0 amide bonds. The minimum atomic E-state index is 0.249. The highest BCUT2D eigenvalue weighted by Crippen LogP contribution is 2.37. The third-order valence-corrected chi connectivity index (χ3v) is 4.88. The third-order valence-electron chi connectivity index (χ3n) is 4.88. The number of likely N-dealkylation sites (tertiary alicyclic amines) is 1. The Kier molecular flexibility index (Phi) is 4.87. The molecule has 1 saturated heterocycles. The van der Waals surface area contributed by atoms with Gasteiger partial charge in [-0.2, -0.15) is 0 Å². The molecule has 1 heterocycles. The van der Waals surface area contributed by atoms with E-state index in [0.29, 0.717) is 6.61 Å². The first-order valence-corrected chi connectivity index (χ1v) is 7.61.